The molecule has 136 valence electrons. The molecule has 0 radical (unpaired) electrons. The predicted molar refractivity (Wildman–Crippen MR) is 98.4 cm³/mol. The molecule has 0 unspecified atom stereocenters. The standard InChI is InChI=1S/C21H30N2O2/c24-18-10-4-2-1-3-7-15-23(18)19-16-8-5-6-9-17(16)21(20(19)25)11-13-22-14-12-21/h5-6,8-9,19-20,22,25H,1-4,7,10-15H2/t19-,20+/m1/s1. The predicted octanol–water partition coefficient (Wildman–Crippen LogP) is 2.91. The maximum absolute atomic E-state index is 12.9. The highest BCUT2D eigenvalue weighted by molar-refractivity contribution is 5.77. The van der Waals surface area contributed by atoms with Crippen molar-refractivity contribution in [3.8, 4) is 0 Å². The highest BCUT2D eigenvalue weighted by atomic mass is 16.3. The number of rotatable bonds is 1. The van der Waals surface area contributed by atoms with E-state index in [1.165, 1.54) is 24.0 Å². The Morgan fingerprint density at radius 2 is 1.76 bits per heavy atom. The number of aliphatic hydroxyl groups is 1. The number of nitrogens with zero attached hydrogens (tertiary/aromatic N) is 1. The number of benzene rings is 1. The Balaban J connectivity index is 1.72. The van der Waals surface area contributed by atoms with Gasteiger partial charge in [0, 0.05) is 18.4 Å². The van der Waals surface area contributed by atoms with Gasteiger partial charge in [0.15, 0.2) is 0 Å². The minimum atomic E-state index is -0.489. The summed E-state index contributed by atoms with van der Waals surface area (Å²) >= 11 is 0. The summed E-state index contributed by atoms with van der Waals surface area (Å²) in [5.41, 5.74) is 2.27. The summed E-state index contributed by atoms with van der Waals surface area (Å²) in [7, 11) is 0. The molecule has 1 amide bonds. The van der Waals surface area contributed by atoms with Gasteiger partial charge in [-0.1, -0.05) is 43.5 Å². The van der Waals surface area contributed by atoms with Crippen LogP contribution in [0.5, 0.6) is 0 Å². The van der Waals surface area contributed by atoms with Gasteiger partial charge in [0.05, 0.1) is 12.1 Å². The number of nitrogens with one attached hydrogen (secondary N) is 1. The van der Waals surface area contributed by atoms with Crippen LogP contribution in [-0.2, 0) is 10.2 Å². The van der Waals surface area contributed by atoms with Crippen LogP contribution in [0.1, 0.15) is 68.5 Å². The average molecular weight is 342 g/mol. The number of piperidine rings is 1. The molecule has 2 aliphatic heterocycles. The Labute approximate surface area is 150 Å². The topological polar surface area (TPSA) is 52.6 Å². The zero-order chi connectivity index (χ0) is 17.3. The number of carbonyl (C=O) groups is 1. The number of hydrogen-bond acceptors (Lipinski definition) is 3. The van der Waals surface area contributed by atoms with Crippen LogP contribution in [0.2, 0.25) is 0 Å². The van der Waals surface area contributed by atoms with Crippen LogP contribution >= 0.6 is 0 Å². The summed E-state index contributed by atoms with van der Waals surface area (Å²) in [4.78, 5) is 15.0. The van der Waals surface area contributed by atoms with E-state index in [9.17, 15) is 9.90 Å². The number of hydrogen-bond donors (Lipinski definition) is 2. The second-order valence-corrected chi connectivity index (χ2v) is 7.99. The summed E-state index contributed by atoms with van der Waals surface area (Å²) < 4.78 is 0. The molecule has 1 aromatic carbocycles. The fourth-order valence-electron chi connectivity index (χ4n) is 5.27. The van der Waals surface area contributed by atoms with Gasteiger partial charge in [0.2, 0.25) is 5.91 Å². The first-order valence-corrected chi connectivity index (χ1v) is 10.0. The molecular formula is C21H30N2O2. The van der Waals surface area contributed by atoms with Crippen LogP contribution in [0.15, 0.2) is 24.3 Å². The Kier molecular flexibility index (Phi) is 4.83. The zero-order valence-electron chi connectivity index (χ0n) is 15.0. The molecule has 1 aromatic rings. The summed E-state index contributed by atoms with van der Waals surface area (Å²) in [5, 5.41) is 14.9. The average Bonchev–Trinajstić information content (AvgIpc) is 2.93. The fraction of sp³-hybridized carbons (Fsp3) is 0.667. The third kappa shape index (κ3) is 2.89. The highest BCUT2D eigenvalue weighted by Crippen LogP contribution is 2.52. The van der Waals surface area contributed by atoms with E-state index in [0.29, 0.717) is 6.42 Å². The van der Waals surface area contributed by atoms with Gasteiger partial charge in [-0.3, -0.25) is 4.79 Å². The lowest BCUT2D eigenvalue weighted by atomic mass is 9.72. The molecule has 0 aromatic heterocycles. The Morgan fingerprint density at radius 1 is 1.04 bits per heavy atom. The lowest BCUT2D eigenvalue weighted by Crippen LogP contribution is -2.49. The van der Waals surface area contributed by atoms with E-state index in [-0.39, 0.29) is 17.4 Å². The van der Waals surface area contributed by atoms with Crippen LogP contribution in [0, 0.1) is 0 Å². The van der Waals surface area contributed by atoms with E-state index >= 15 is 0 Å². The monoisotopic (exact) mass is 342 g/mol. The van der Waals surface area contributed by atoms with E-state index in [1.54, 1.807) is 0 Å². The van der Waals surface area contributed by atoms with Crippen LogP contribution in [-0.4, -0.2) is 41.7 Å². The van der Waals surface area contributed by atoms with Crippen molar-refractivity contribution in [2.75, 3.05) is 19.6 Å². The van der Waals surface area contributed by atoms with E-state index in [0.717, 1.165) is 51.7 Å². The van der Waals surface area contributed by atoms with E-state index in [4.69, 9.17) is 0 Å². The first kappa shape index (κ1) is 17.0. The molecule has 4 nitrogen and oxygen atoms in total. The van der Waals surface area contributed by atoms with Gasteiger partial charge in [-0.25, -0.2) is 0 Å². The molecule has 0 saturated carbocycles. The minimum absolute atomic E-state index is 0.167. The van der Waals surface area contributed by atoms with Crippen molar-refractivity contribution in [1.29, 1.82) is 0 Å². The van der Waals surface area contributed by atoms with E-state index in [1.807, 2.05) is 4.90 Å². The van der Waals surface area contributed by atoms with Gasteiger partial charge >= 0.3 is 0 Å². The molecule has 2 atom stereocenters. The number of carbonyl (C=O) groups excluding carboxylic acids is 1. The van der Waals surface area contributed by atoms with Gasteiger partial charge in [-0.15, -0.1) is 0 Å². The van der Waals surface area contributed by atoms with Gasteiger partial charge in [0.1, 0.15) is 0 Å². The lowest BCUT2D eigenvalue weighted by molar-refractivity contribution is -0.137. The molecule has 3 aliphatic rings. The number of aliphatic hydroxyl groups excluding tert-OH is 1. The smallest absolute Gasteiger partial charge is 0.223 e. The molecule has 25 heavy (non-hydrogen) atoms. The lowest BCUT2D eigenvalue weighted by Gasteiger charge is -2.41. The van der Waals surface area contributed by atoms with E-state index in [2.05, 4.69) is 29.6 Å². The number of amides is 1. The van der Waals surface area contributed by atoms with Crippen LogP contribution in [0.4, 0.5) is 0 Å². The molecule has 2 N–H and O–H groups in total. The maximum atomic E-state index is 12.9. The Bertz CT molecular complexity index is 624. The largest absolute Gasteiger partial charge is 0.390 e. The van der Waals surface area contributed by atoms with Gasteiger partial charge in [-0.05, 0) is 49.9 Å². The van der Waals surface area contributed by atoms with Crippen molar-refractivity contribution in [3.63, 3.8) is 0 Å². The summed E-state index contributed by atoms with van der Waals surface area (Å²) in [6.45, 7) is 2.65. The van der Waals surface area contributed by atoms with Crippen molar-refractivity contribution in [2.45, 2.75) is 68.9 Å². The quantitative estimate of drug-likeness (QED) is 0.825. The number of fused-ring (bicyclic) bond motifs is 2. The molecular weight excluding hydrogens is 312 g/mol. The Hall–Kier alpha value is -1.39. The summed E-state index contributed by atoms with van der Waals surface area (Å²) in [6, 6.07) is 8.29. The second-order valence-electron chi connectivity index (χ2n) is 7.99. The van der Waals surface area contributed by atoms with Gasteiger partial charge < -0.3 is 15.3 Å². The summed E-state index contributed by atoms with van der Waals surface area (Å²) in [6.07, 6.45) is 7.62. The zero-order valence-corrected chi connectivity index (χ0v) is 15.0. The van der Waals surface area contributed by atoms with Gasteiger partial charge in [-0.2, -0.15) is 0 Å². The fourth-order valence-corrected chi connectivity index (χ4v) is 5.27. The molecule has 2 heterocycles. The molecule has 4 rings (SSSR count). The van der Waals surface area contributed by atoms with Crippen LogP contribution < -0.4 is 5.32 Å². The Morgan fingerprint density at radius 3 is 2.60 bits per heavy atom. The van der Waals surface area contributed by atoms with Crippen LogP contribution in [0.25, 0.3) is 0 Å². The van der Waals surface area contributed by atoms with Gasteiger partial charge in [0.25, 0.3) is 0 Å². The van der Waals surface area contributed by atoms with Crippen LogP contribution in [0.3, 0.4) is 0 Å². The van der Waals surface area contributed by atoms with E-state index < -0.39 is 6.10 Å². The SMILES string of the molecule is O=C1CCCCCCCN1[C@@H]1c2ccccc2C2(CCNCC2)[C@H]1O. The normalized spacial score (nSPS) is 29.8. The minimum Gasteiger partial charge on any atom is -0.390 e. The van der Waals surface area contributed by atoms with Crippen molar-refractivity contribution in [2.24, 2.45) is 0 Å². The first-order chi connectivity index (χ1) is 12.2. The second kappa shape index (κ2) is 7.08. The molecule has 1 aliphatic carbocycles. The molecule has 0 bridgehead atoms. The highest BCUT2D eigenvalue weighted by Gasteiger charge is 2.53. The molecule has 2 saturated heterocycles. The summed E-state index contributed by atoms with van der Waals surface area (Å²) in [5.74, 6) is 0.228. The van der Waals surface area contributed by atoms with Crippen molar-refractivity contribution < 1.29 is 9.90 Å². The van der Waals surface area contributed by atoms with Crippen molar-refractivity contribution in [3.05, 3.63) is 35.4 Å². The third-order valence-electron chi connectivity index (χ3n) is 6.62. The first-order valence-electron chi connectivity index (χ1n) is 10.0. The van der Waals surface area contributed by atoms with Crippen molar-refractivity contribution >= 4 is 5.91 Å². The molecule has 1 spiro atoms. The maximum Gasteiger partial charge on any atom is 0.223 e. The van der Waals surface area contributed by atoms with Crippen molar-refractivity contribution in [1.82, 2.24) is 10.2 Å². The third-order valence-corrected chi connectivity index (χ3v) is 6.62. The molecule has 4 heteroatoms. The molecule has 2 fully saturated rings.